The van der Waals surface area contributed by atoms with E-state index in [9.17, 15) is 0 Å². The molecule has 33 heavy (non-hydrogen) atoms. The van der Waals surface area contributed by atoms with Gasteiger partial charge in [0.15, 0.2) is 5.11 Å². The third-order valence-corrected chi connectivity index (χ3v) is 7.27. The van der Waals surface area contributed by atoms with Gasteiger partial charge in [-0.05, 0) is 93.0 Å². The molecule has 0 radical (unpaired) electrons. The number of thiocarbonyl (C=S) groups is 1. The second kappa shape index (κ2) is 7.99. The van der Waals surface area contributed by atoms with E-state index >= 15 is 0 Å². The van der Waals surface area contributed by atoms with Crippen LogP contribution in [0.3, 0.4) is 0 Å². The largest absolute Gasteiger partial charge is 0.366 e. The van der Waals surface area contributed by atoms with E-state index in [-0.39, 0.29) is 17.6 Å². The Labute approximate surface area is 202 Å². The van der Waals surface area contributed by atoms with Crippen LogP contribution in [0.25, 0.3) is 5.57 Å². The van der Waals surface area contributed by atoms with E-state index in [1.165, 1.54) is 28.0 Å². The molecule has 168 valence electrons. The lowest BCUT2D eigenvalue weighted by Crippen LogP contribution is -2.42. The van der Waals surface area contributed by atoms with Gasteiger partial charge in [0.2, 0.25) is 0 Å². The van der Waals surface area contributed by atoms with Gasteiger partial charge in [0.25, 0.3) is 0 Å². The number of likely N-dealkylation sites (N-methyl/N-ethyl adjacent to an activating group) is 1. The summed E-state index contributed by atoms with van der Waals surface area (Å²) in [4.78, 5) is 9.28. The number of fused-ring (bicyclic) bond motifs is 1. The SMILES string of the molecule is CC1=CC(C)(C)N(C)c2ccc([C@@H]3[C@@H](c4ccccn4)NC(=S)N3c3cccc(C)c3)cc21. The monoisotopic (exact) mass is 454 g/mol. The molecule has 1 fully saturated rings. The molecule has 0 unspecified atom stereocenters. The van der Waals surface area contributed by atoms with Crippen molar-refractivity contribution < 1.29 is 0 Å². The number of aromatic nitrogens is 1. The number of allylic oxidation sites excluding steroid dienone is 1. The van der Waals surface area contributed by atoms with Crippen LogP contribution in [0.1, 0.15) is 55.2 Å². The first-order chi connectivity index (χ1) is 15.8. The van der Waals surface area contributed by atoms with Gasteiger partial charge < -0.3 is 15.1 Å². The Morgan fingerprint density at radius 3 is 2.55 bits per heavy atom. The summed E-state index contributed by atoms with van der Waals surface area (Å²) < 4.78 is 0. The highest BCUT2D eigenvalue weighted by Crippen LogP contribution is 2.45. The number of aryl methyl sites for hydroxylation is 1. The van der Waals surface area contributed by atoms with Gasteiger partial charge >= 0.3 is 0 Å². The maximum absolute atomic E-state index is 5.88. The summed E-state index contributed by atoms with van der Waals surface area (Å²) in [5.74, 6) is 0. The molecule has 0 aliphatic carbocycles. The molecule has 3 aromatic rings. The van der Waals surface area contributed by atoms with Crippen LogP contribution in [-0.4, -0.2) is 22.7 Å². The molecule has 2 atom stereocenters. The second-order valence-corrected chi connectivity index (χ2v) is 10.0. The maximum atomic E-state index is 5.88. The standard InChI is InChI=1S/C28H30N4S/c1-18-9-8-10-21(15-18)32-26(25(30-27(32)33)23-11-6-7-14-29-23)20-12-13-24-22(16-20)19(2)17-28(3,4)31(24)5/h6-17,25-26H,1-5H3,(H,30,33)/t25-,26-/m1/s1. The molecule has 3 heterocycles. The van der Waals surface area contributed by atoms with E-state index < -0.39 is 0 Å². The summed E-state index contributed by atoms with van der Waals surface area (Å²) in [7, 11) is 2.17. The minimum atomic E-state index is -0.0423. The predicted octanol–water partition coefficient (Wildman–Crippen LogP) is 6.20. The number of pyridine rings is 1. The normalized spacial score (nSPS) is 21.5. The fourth-order valence-electron chi connectivity index (χ4n) is 5.11. The number of hydrogen-bond acceptors (Lipinski definition) is 3. The van der Waals surface area contributed by atoms with Gasteiger partial charge in [0.05, 0.1) is 23.3 Å². The van der Waals surface area contributed by atoms with Crippen LogP contribution >= 0.6 is 12.2 Å². The first-order valence-electron chi connectivity index (χ1n) is 11.4. The summed E-state index contributed by atoms with van der Waals surface area (Å²) >= 11 is 5.88. The van der Waals surface area contributed by atoms with Crippen LogP contribution in [-0.2, 0) is 0 Å². The first kappa shape index (κ1) is 21.7. The Bertz CT molecular complexity index is 1250. The summed E-state index contributed by atoms with van der Waals surface area (Å²) in [6.45, 7) is 8.84. The zero-order chi connectivity index (χ0) is 23.3. The van der Waals surface area contributed by atoms with E-state index in [4.69, 9.17) is 12.2 Å². The zero-order valence-corrected chi connectivity index (χ0v) is 20.6. The van der Waals surface area contributed by atoms with E-state index in [0.717, 1.165) is 16.5 Å². The highest BCUT2D eigenvalue weighted by molar-refractivity contribution is 7.80. The molecule has 0 spiro atoms. The number of nitrogens with zero attached hydrogens (tertiary/aromatic N) is 3. The third-order valence-electron chi connectivity index (χ3n) is 6.96. The maximum Gasteiger partial charge on any atom is 0.174 e. The van der Waals surface area contributed by atoms with Gasteiger partial charge in [-0.1, -0.05) is 30.3 Å². The van der Waals surface area contributed by atoms with E-state index in [0.29, 0.717) is 0 Å². The van der Waals surface area contributed by atoms with Gasteiger partial charge in [-0.3, -0.25) is 4.98 Å². The molecule has 1 N–H and O–H groups in total. The summed E-state index contributed by atoms with van der Waals surface area (Å²) in [5, 5.41) is 4.30. The van der Waals surface area contributed by atoms with Gasteiger partial charge in [-0.2, -0.15) is 0 Å². The van der Waals surface area contributed by atoms with E-state index in [1.807, 2.05) is 18.3 Å². The van der Waals surface area contributed by atoms with Crippen molar-refractivity contribution in [1.82, 2.24) is 10.3 Å². The third kappa shape index (κ3) is 3.70. The smallest absolute Gasteiger partial charge is 0.174 e. The lowest BCUT2D eigenvalue weighted by molar-refractivity contribution is 0.566. The van der Waals surface area contributed by atoms with E-state index in [1.54, 1.807) is 0 Å². The molecule has 5 heteroatoms. The van der Waals surface area contributed by atoms with Crippen molar-refractivity contribution in [3.8, 4) is 0 Å². The number of nitrogens with one attached hydrogen (secondary N) is 1. The highest BCUT2D eigenvalue weighted by Gasteiger charge is 2.41. The predicted molar refractivity (Wildman–Crippen MR) is 142 cm³/mol. The number of benzene rings is 2. The van der Waals surface area contributed by atoms with Gasteiger partial charge in [-0.15, -0.1) is 0 Å². The topological polar surface area (TPSA) is 31.4 Å². The highest BCUT2D eigenvalue weighted by atomic mass is 32.1. The van der Waals surface area contributed by atoms with Crippen LogP contribution < -0.4 is 15.1 Å². The average Bonchev–Trinajstić information content (AvgIpc) is 3.15. The Kier molecular flexibility index (Phi) is 5.25. The fraction of sp³-hybridized carbons (Fsp3) is 0.286. The lowest BCUT2D eigenvalue weighted by atomic mass is 9.86. The quantitative estimate of drug-likeness (QED) is 0.476. The molecule has 5 rings (SSSR count). The van der Waals surface area contributed by atoms with Crippen LogP contribution in [0.15, 0.2) is 72.9 Å². The molecule has 2 aromatic carbocycles. The van der Waals surface area contributed by atoms with Crippen molar-refractivity contribution in [3.05, 3.63) is 95.3 Å². The molecule has 2 aliphatic heterocycles. The minimum absolute atomic E-state index is 0.00690. The number of hydrogen-bond donors (Lipinski definition) is 1. The molecule has 0 saturated carbocycles. The second-order valence-electron chi connectivity index (χ2n) is 9.65. The Morgan fingerprint density at radius 2 is 1.82 bits per heavy atom. The number of rotatable bonds is 3. The van der Waals surface area contributed by atoms with Crippen LogP contribution in [0.2, 0.25) is 0 Å². The zero-order valence-electron chi connectivity index (χ0n) is 19.8. The Balaban J connectivity index is 1.66. The van der Waals surface area contributed by atoms with Crippen molar-refractivity contribution in [2.45, 2.75) is 45.3 Å². The van der Waals surface area contributed by atoms with Crippen molar-refractivity contribution in [1.29, 1.82) is 0 Å². The van der Waals surface area contributed by atoms with Crippen molar-refractivity contribution in [3.63, 3.8) is 0 Å². The fourth-order valence-corrected chi connectivity index (χ4v) is 5.46. The van der Waals surface area contributed by atoms with Gasteiger partial charge in [0.1, 0.15) is 0 Å². The molecular formula is C28H30N4S. The summed E-state index contributed by atoms with van der Waals surface area (Å²) in [6.07, 6.45) is 4.20. The molecule has 1 aromatic heterocycles. The molecule has 2 aliphatic rings. The van der Waals surface area contributed by atoms with Crippen LogP contribution in [0.4, 0.5) is 11.4 Å². The average molecular weight is 455 g/mol. The molecule has 0 bridgehead atoms. The Morgan fingerprint density at radius 1 is 1.00 bits per heavy atom. The van der Waals surface area contributed by atoms with Crippen LogP contribution in [0.5, 0.6) is 0 Å². The lowest BCUT2D eigenvalue weighted by Gasteiger charge is -2.41. The van der Waals surface area contributed by atoms with Crippen molar-refractivity contribution in [2.24, 2.45) is 0 Å². The first-order valence-corrected chi connectivity index (χ1v) is 11.8. The van der Waals surface area contributed by atoms with Gasteiger partial charge in [-0.25, -0.2) is 0 Å². The van der Waals surface area contributed by atoms with Crippen LogP contribution in [0, 0.1) is 6.92 Å². The molecular weight excluding hydrogens is 424 g/mol. The van der Waals surface area contributed by atoms with E-state index in [2.05, 4.69) is 109 Å². The minimum Gasteiger partial charge on any atom is -0.366 e. The summed E-state index contributed by atoms with van der Waals surface area (Å²) in [5.41, 5.74) is 8.34. The Hall–Kier alpha value is -3.18. The van der Waals surface area contributed by atoms with Crippen molar-refractivity contribution in [2.75, 3.05) is 16.8 Å². The van der Waals surface area contributed by atoms with Gasteiger partial charge in [0, 0.05) is 30.2 Å². The van der Waals surface area contributed by atoms with Crippen molar-refractivity contribution >= 4 is 34.3 Å². The number of anilines is 2. The molecule has 1 saturated heterocycles. The summed E-state index contributed by atoms with van der Waals surface area (Å²) in [6, 6.07) is 21.4. The molecule has 0 amide bonds. The molecule has 4 nitrogen and oxygen atoms in total.